The van der Waals surface area contributed by atoms with Gasteiger partial charge in [0.25, 0.3) is 0 Å². The number of amides is 1. The van der Waals surface area contributed by atoms with E-state index in [-0.39, 0.29) is 25.1 Å². The molecule has 172 valence electrons. The topological polar surface area (TPSA) is 84.5 Å². The SMILES string of the molecule is CC(C)(C)OC(=O)N1CC=C(c2c[nH]c3ncc(CC(=O)OCc4ccccc4)cc23)CC1. The van der Waals surface area contributed by atoms with Crippen molar-refractivity contribution < 1.29 is 19.1 Å². The lowest BCUT2D eigenvalue weighted by atomic mass is 9.99. The summed E-state index contributed by atoms with van der Waals surface area (Å²) < 4.78 is 10.9. The van der Waals surface area contributed by atoms with Gasteiger partial charge in [-0.25, -0.2) is 9.78 Å². The van der Waals surface area contributed by atoms with Crippen LogP contribution in [0.3, 0.4) is 0 Å². The standard InChI is InChI=1S/C26H29N3O4/c1-26(2,3)33-25(31)29-11-9-20(10-12-29)22-16-28-24-21(22)13-19(15-27-24)14-23(30)32-17-18-7-5-4-6-8-18/h4-9,13,15-16H,10-12,14,17H2,1-3H3,(H,27,28). The molecule has 2 aromatic heterocycles. The highest BCUT2D eigenvalue weighted by Crippen LogP contribution is 2.29. The molecule has 1 N–H and O–H groups in total. The third kappa shape index (κ3) is 5.80. The molecular weight excluding hydrogens is 418 g/mol. The van der Waals surface area contributed by atoms with Gasteiger partial charge in [0.2, 0.25) is 0 Å². The monoisotopic (exact) mass is 447 g/mol. The van der Waals surface area contributed by atoms with Crippen LogP contribution in [0.5, 0.6) is 0 Å². The van der Waals surface area contributed by atoms with Gasteiger partial charge in [0, 0.05) is 36.4 Å². The fourth-order valence-corrected chi connectivity index (χ4v) is 3.77. The number of aromatic amines is 1. The molecular formula is C26H29N3O4. The zero-order valence-corrected chi connectivity index (χ0v) is 19.3. The van der Waals surface area contributed by atoms with Gasteiger partial charge >= 0.3 is 12.1 Å². The van der Waals surface area contributed by atoms with Crippen molar-refractivity contribution in [2.24, 2.45) is 0 Å². The number of pyridine rings is 1. The molecule has 1 aliphatic heterocycles. The number of hydrogen-bond donors (Lipinski definition) is 1. The first-order valence-electron chi connectivity index (χ1n) is 11.1. The van der Waals surface area contributed by atoms with Gasteiger partial charge in [-0.3, -0.25) is 4.79 Å². The van der Waals surface area contributed by atoms with Gasteiger partial charge in [-0.05, 0) is 50.0 Å². The lowest BCUT2D eigenvalue weighted by molar-refractivity contribution is -0.144. The molecule has 1 amide bonds. The number of rotatable bonds is 5. The predicted octanol–water partition coefficient (Wildman–Crippen LogP) is 4.87. The second-order valence-electron chi connectivity index (χ2n) is 9.17. The number of hydrogen-bond acceptors (Lipinski definition) is 5. The van der Waals surface area contributed by atoms with E-state index in [1.165, 1.54) is 0 Å². The van der Waals surface area contributed by atoms with Gasteiger partial charge in [-0.1, -0.05) is 36.4 Å². The summed E-state index contributed by atoms with van der Waals surface area (Å²) in [6, 6.07) is 11.6. The van der Waals surface area contributed by atoms with Crippen molar-refractivity contribution in [3.63, 3.8) is 0 Å². The summed E-state index contributed by atoms with van der Waals surface area (Å²) in [4.78, 5) is 34.0. The highest BCUT2D eigenvalue weighted by molar-refractivity contribution is 5.92. The van der Waals surface area contributed by atoms with Crippen LogP contribution in [-0.4, -0.2) is 45.6 Å². The van der Waals surface area contributed by atoms with E-state index in [0.717, 1.165) is 39.7 Å². The molecule has 1 aliphatic rings. The van der Waals surface area contributed by atoms with Crippen molar-refractivity contribution in [2.75, 3.05) is 13.1 Å². The Bertz CT molecular complexity index is 1180. The number of H-pyrrole nitrogens is 1. The second kappa shape index (κ2) is 9.48. The predicted molar refractivity (Wildman–Crippen MR) is 126 cm³/mol. The summed E-state index contributed by atoms with van der Waals surface area (Å²) in [7, 11) is 0. The van der Waals surface area contributed by atoms with E-state index in [0.29, 0.717) is 13.1 Å². The number of nitrogens with zero attached hydrogens (tertiary/aromatic N) is 2. The molecule has 3 heterocycles. The van der Waals surface area contributed by atoms with Gasteiger partial charge in [-0.2, -0.15) is 0 Å². The molecule has 0 spiro atoms. The third-order valence-corrected chi connectivity index (χ3v) is 5.39. The molecule has 0 aliphatic carbocycles. The van der Waals surface area contributed by atoms with E-state index in [1.54, 1.807) is 11.1 Å². The van der Waals surface area contributed by atoms with Crippen LogP contribution in [0.2, 0.25) is 0 Å². The van der Waals surface area contributed by atoms with Crippen LogP contribution in [0.15, 0.2) is 54.9 Å². The average molecular weight is 448 g/mol. The Morgan fingerprint density at radius 3 is 2.64 bits per heavy atom. The number of aromatic nitrogens is 2. The molecule has 0 saturated carbocycles. The molecule has 4 rings (SSSR count). The third-order valence-electron chi connectivity index (χ3n) is 5.39. The zero-order chi connectivity index (χ0) is 23.4. The average Bonchev–Trinajstić information content (AvgIpc) is 3.21. The number of fused-ring (bicyclic) bond motifs is 1. The molecule has 0 atom stereocenters. The number of carbonyl (C=O) groups excluding carboxylic acids is 2. The molecule has 33 heavy (non-hydrogen) atoms. The number of ether oxygens (including phenoxy) is 2. The number of esters is 1. The van der Waals surface area contributed by atoms with Crippen LogP contribution in [-0.2, 0) is 27.3 Å². The lowest BCUT2D eigenvalue weighted by Gasteiger charge is -2.29. The summed E-state index contributed by atoms with van der Waals surface area (Å²) in [5, 5.41) is 0.959. The molecule has 0 unspecified atom stereocenters. The maximum absolute atomic E-state index is 12.3. The van der Waals surface area contributed by atoms with Gasteiger partial charge in [0.05, 0.1) is 6.42 Å². The summed E-state index contributed by atoms with van der Waals surface area (Å²) in [6.45, 7) is 6.94. The zero-order valence-electron chi connectivity index (χ0n) is 19.3. The van der Waals surface area contributed by atoms with Crippen LogP contribution in [0.25, 0.3) is 16.6 Å². The first-order chi connectivity index (χ1) is 15.8. The molecule has 0 fully saturated rings. The summed E-state index contributed by atoms with van der Waals surface area (Å²) in [6.07, 6.45) is 6.27. The highest BCUT2D eigenvalue weighted by Gasteiger charge is 2.24. The van der Waals surface area contributed by atoms with E-state index >= 15 is 0 Å². The summed E-state index contributed by atoms with van der Waals surface area (Å²) in [5.41, 5.74) is 4.20. The van der Waals surface area contributed by atoms with Crippen molar-refractivity contribution >= 4 is 28.7 Å². The second-order valence-corrected chi connectivity index (χ2v) is 9.17. The Kier molecular flexibility index (Phi) is 6.49. The van der Waals surface area contributed by atoms with Gasteiger partial charge < -0.3 is 19.4 Å². The van der Waals surface area contributed by atoms with Crippen LogP contribution in [0, 0.1) is 0 Å². The van der Waals surface area contributed by atoms with Crippen molar-refractivity contribution in [1.29, 1.82) is 0 Å². The first-order valence-corrected chi connectivity index (χ1v) is 11.1. The fraction of sp³-hybridized carbons (Fsp3) is 0.346. The van der Waals surface area contributed by atoms with E-state index in [1.807, 2.05) is 63.4 Å². The van der Waals surface area contributed by atoms with Crippen molar-refractivity contribution in [2.45, 2.75) is 45.8 Å². The molecule has 0 saturated heterocycles. The minimum atomic E-state index is -0.512. The van der Waals surface area contributed by atoms with Crippen molar-refractivity contribution in [1.82, 2.24) is 14.9 Å². The first kappa shape index (κ1) is 22.6. The van der Waals surface area contributed by atoms with Crippen LogP contribution >= 0.6 is 0 Å². The smallest absolute Gasteiger partial charge is 0.410 e. The van der Waals surface area contributed by atoms with E-state index in [2.05, 4.69) is 16.0 Å². The number of carbonyl (C=O) groups is 2. The maximum atomic E-state index is 12.3. The maximum Gasteiger partial charge on any atom is 0.410 e. The summed E-state index contributed by atoms with van der Waals surface area (Å²) >= 11 is 0. The van der Waals surface area contributed by atoms with Crippen molar-refractivity contribution in [3.8, 4) is 0 Å². The van der Waals surface area contributed by atoms with E-state index < -0.39 is 5.60 Å². The van der Waals surface area contributed by atoms with Gasteiger partial charge in [-0.15, -0.1) is 0 Å². The van der Waals surface area contributed by atoms with Crippen LogP contribution in [0.4, 0.5) is 4.79 Å². The number of benzene rings is 1. The van der Waals surface area contributed by atoms with E-state index in [4.69, 9.17) is 9.47 Å². The Balaban J connectivity index is 1.43. The fourth-order valence-electron chi connectivity index (χ4n) is 3.77. The van der Waals surface area contributed by atoms with Crippen LogP contribution in [0.1, 0.15) is 43.9 Å². The Morgan fingerprint density at radius 2 is 1.94 bits per heavy atom. The Morgan fingerprint density at radius 1 is 1.15 bits per heavy atom. The molecule has 7 heteroatoms. The molecule has 0 bridgehead atoms. The molecule has 3 aromatic rings. The Hall–Kier alpha value is -3.61. The summed E-state index contributed by atoms with van der Waals surface area (Å²) in [5.74, 6) is -0.290. The molecule has 7 nitrogen and oxygen atoms in total. The van der Waals surface area contributed by atoms with E-state index in [9.17, 15) is 9.59 Å². The van der Waals surface area contributed by atoms with Crippen LogP contribution < -0.4 is 0 Å². The number of nitrogens with one attached hydrogen (secondary N) is 1. The lowest BCUT2D eigenvalue weighted by Crippen LogP contribution is -2.39. The molecule has 1 aromatic carbocycles. The molecule has 0 radical (unpaired) electrons. The van der Waals surface area contributed by atoms with Gasteiger partial charge in [0.15, 0.2) is 0 Å². The Labute approximate surface area is 193 Å². The minimum Gasteiger partial charge on any atom is -0.461 e. The highest BCUT2D eigenvalue weighted by atomic mass is 16.6. The quantitative estimate of drug-likeness (QED) is 0.564. The normalized spacial score (nSPS) is 14.2. The van der Waals surface area contributed by atoms with Gasteiger partial charge in [0.1, 0.15) is 17.9 Å². The van der Waals surface area contributed by atoms with Crippen molar-refractivity contribution in [3.05, 3.63) is 71.6 Å². The largest absolute Gasteiger partial charge is 0.461 e. The minimum absolute atomic E-state index is 0.159.